The van der Waals surface area contributed by atoms with Gasteiger partial charge in [0.25, 0.3) is 10.0 Å². The van der Waals surface area contributed by atoms with Crippen molar-refractivity contribution in [1.82, 2.24) is 4.31 Å². The second kappa shape index (κ2) is 7.97. The third-order valence-corrected chi connectivity index (χ3v) is 8.05. The zero-order chi connectivity index (χ0) is 16.4. The summed E-state index contributed by atoms with van der Waals surface area (Å²) in [6.45, 7) is 3.54. The fourth-order valence-corrected chi connectivity index (χ4v) is 6.13. The van der Waals surface area contributed by atoms with Crippen molar-refractivity contribution in [3.05, 3.63) is 52.9 Å². The van der Waals surface area contributed by atoms with Crippen LogP contribution in [-0.2, 0) is 16.4 Å². The summed E-state index contributed by atoms with van der Waals surface area (Å²) in [7, 11) is -3.42. The van der Waals surface area contributed by atoms with Gasteiger partial charge in [0.1, 0.15) is 4.21 Å². The molecule has 0 radical (unpaired) electrons. The molecule has 0 bridgehead atoms. The highest BCUT2D eigenvalue weighted by Gasteiger charge is 2.39. The summed E-state index contributed by atoms with van der Waals surface area (Å²) < 4.78 is 27.8. The van der Waals surface area contributed by atoms with Crippen LogP contribution < -0.4 is 5.73 Å². The van der Waals surface area contributed by atoms with Crippen molar-refractivity contribution in [2.75, 3.05) is 19.6 Å². The lowest BCUT2D eigenvalue weighted by Gasteiger charge is -2.16. The Morgan fingerprint density at radius 3 is 2.46 bits per heavy atom. The molecule has 2 atom stereocenters. The van der Waals surface area contributed by atoms with Crippen LogP contribution in [0.25, 0.3) is 0 Å². The van der Waals surface area contributed by atoms with E-state index in [4.69, 9.17) is 5.73 Å². The zero-order valence-corrected chi connectivity index (χ0v) is 16.0. The summed E-state index contributed by atoms with van der Waals surface area (Å²) in [6.07, 6.45) is 0.859. The zero-order valence-electron chi connectivity index (χ0n) is 13.6. The summed E-state index contributed by atoms with van der Waals surface area (Å²) in [5.74, 6) is 0.333. The van der Waals surface area contributed by atoms with Crippen molar-refractivity contribution in [3.63, 3.8) is 0 Å². The van der Waals surface area contributed by atoms with Gasteiger partial charge in [-0.2, -0.15) is 4.31 Å². The number of halogens is 1. The highest BCUT2D eigenvalue weighted by atomic mass is 35.5. The molecule has 2 aromatic rings. The number of thiophene rings is 1. The second-order valence-electron chi connectivity index (χ2n) is 5.91. The van der Waals surface area contributed by atoms with Gasteiger partial charge in [0.05, 0.1) is 0 Å². The molecular formula is C17H23ClN2O2S2. The van der Waals surface area contributed by atoms with Crippen LogP contribution in [0.15, 0.2) is 46.7 Å². The van der Waals surface area contributed by atoms with Gasteiger partial charge in [-0.05, 0) is 36.6 Å². The summed E-state index contributed by atoms with van der Waals surface area (Å²) in [5.41, 5.74) is 7.08. The molecule has 1 fully saturated rings. The first-order valence-electron chi connectivity index (χ1n) is 7.90. The van der Waals surface area contributed by atoms with E-state index in [-0.39, 0.29) is 24.2 Å². The fraction of sp³-hybridized carbons (Fsp3) is 0.412. The second-order valence-corrected chi connectivity index (χ2v) is 9.24. The van der Waals surface area contributed by atoms with Gasteiger partial charge in [-0.15, -0.1) is 23.7 Å². The first-order valence-corrected chi connectivity index (χ1v) is 10.2. The molecule has 7 heteroatoms. The van der Waals surface area contributed by atoms with Crippen LogP contribution in [-0.4, -0.2) is 32.4 Å². The van der Waals surface area contributed by atoms with Crippen molar-refractivity contribution in [1.29, 1.82) is 0 Å². The summed E-state index contributed by atoms with van der Waals surface area (Å²) in [5, 5.41) is 0. The third kappa shape index (κ3) is 3.68. The van der Waals surface area contributed by atoms with Crippen LogP contribution in [0.2, 0.25) is 0 Å². The Morgan fingerprint density at radius 2 is 1.88 bits per heavy atom. The van der Waals surface area contributed by atoms with Crippen LogP contribution >= 0.6 is 23.7 Å². The Labute approximate surface area is 154 Å². The van der Waals surface area contributed by atoms with E-state index < -0.39 is 10.0 Å². The monoisotopic (exact) mass is 386 g/mol. The van der Waals surface area contributed by atoms with Crippen LogP contribution in [0.5, 0.6) is 0 Å². The number of nitrogens with two attached hydrogens (primary N) is 1. The minimum atomic E-state index is -3.42. The minimum Gasteiger partial charge on any atom is -0.330 e. The smallest absolute Gasteiger partial charge is 0.252 e. The lowest BCUT2D eigenvalue weighted by atomic mass is 9.89. The summed E-state index contributed by atoms with van der Waals surface area (Å²) in [6, 6.07) is 13.7. The van der Waals surface area contributed by atoms with Crippen molar-refractivity contribution in [2.45, 2.75) is 23.5 Å². The third-order valence-electron chi connectivity index (χ3n) is 4.52. The van der Waals surface area contributed by atoms with E-state index in [9.17, 15) is 8.42 Å². The fourth-order valence-electron chi connectivity index (χ4n) is 3.16. The number of sulfonamides is 1. The number of rotatable bonds is 5. The summed E-state index contributed by atoms with van der Waals surface area (Å²) in [4.78, 5) is 1.10. The van der Waals surface area contributed by atoms with Crippen molar-refractivity contribution in [2.24, 2.45) is 11.7 Å². The largest absolute Gasteiger partial charge is 0.330 e. The molecule has 1 aliphatic rings. The molecule has 132 valence electrons. The normalized spacial score (nSPS) is 21.6. The van der Waals surface area contributed by atoms with E-state index in [2.05, 4.69) is 12.1 Å². The van der Waals surface area contributed by atoms with Gasteiger partial charge in [0.15, 0.2) is 0 Å². The molecule has 0 spiro atoms. The van der Waals surface area contributed by atoms with Crippen molar-refractivity contribution in [3.8, 4) is 0 Å². The SMILES string of the molecule is CCc1ccc(S(=O)(=O)N2C[C@@H](CN)[C@H](c3ccccc3)C2)s1.Cl. The Morgan fingerprint density at radius 1 is 1.17 bits per heavy atom. The first kappa shape index (κ1) is 19.4. The maximum absolute atomic E-state index is 12.9. The maximum Gasteiger partial charge on any atom is 0.252 e. The molecule has 1 aromatic carbocycles. The lowest BCUT2D eigenvalue weighted by molar-refractivity contribution is 0.460. The molecule has 1 aromatic heterocycles. The van der Waals surface area contributed by atoms with Crippen LogP contribution in [0.4, 0.5) is 0 Å². The van der Waals surface area contributed by atoms with Crippen LogP contribution in [0, 0.1) is 5.92 Å². The van der Waals surface area contributed by atoms with Crippen LogP contribution in [0.3, 0.4) is 0 Å². The van der Waals surface area contributed by atoms with Gasteiger partial charge < -0.3 is 5.73 Å². The Kier molecular flexibility index (Phi) is 6.45. The molecule has 2 N–H and O–H groups in total. The molecule has 0 saturated carbocycles. The van der Waals surface area contributed by atoms with Gasteiger partial charge >= 0.3 is 0 Å². The molecule has 24 heavy (non-hydrogen) atoms. The number of benzene rings is 1. The van der Waals surface area contributed by atoms with E-state index in [1.54, 1.807) is 10.4 Å². The van der Waals surface area contributed by atoms with E-state index in [0.717, 1.165) is 11.3 Å². The average molecular weight is 387 g/mol. The molecular weight excluding hydrogens is 364 g/mol. The molecule has 1 aliphatic heterocycles. The number of hydrogen-bond acceptors (Lipinski definition) is 4. The minimum absolute atomic E-state index is 0. The Balaban J connectivity index is 0.00000208. The molecule has 4 nitrogen and oxygen atoms in total. The van der Waals surface area contributed by atoms with E-state index in [1.807, 2.05) is 31.2 Å². The van der Waals surface area contributed by atoms with Crippen molar-refractivity contribution >= 4 is 33.8 Å². The van der Waals surface area contributed by atoms with Crippen LogP contribution in [0.1, 0.15) is 23.3 Å². The number of aryl methyl sites for hydroxylation is 1. The number of hydrogen-bond donors (Lipinski definition) is 1. The van der Waals surface area contributed by atoms with Gasteiger partial charge in [-0.3, -0.25) is 0 Å². The van der Waals surface area contributed by atoms with E-state index >= 15 is 0 Å². The van der Waals surface area contributed by atoms with Gasteiger partial charge in [0, 0.05) is 23.9 Å². The molecule has 1 saturated heterocycles. The molecule has 0 amide bonds. The predicted molar refractivity (Wildman–Crippen MR) is 101 cm³/mol. The summed E-state index contributed by atoms with van der Waals surface area (Å²) >= 11 is 1.37. The average Bonchev–Trinajstić information content (AvgIpc) is 3.23. The predicted octanol–water partition coefficient (Wildman–Crippen LogP) is 3.10. The molecule has 2 heterocycles. The molecule has 0 unspecified atom stereocenters. The highest BCUT2D eigenvalue weighted by Crippen LogP contribution is 2.36. The number of nitrogens with zero attached hydrogens (tertiary/aromatic N) is 1. The quantitative estimate of drug-likeness (QED) is 0.858. The highest BCUT2D eigenvalue weighted by molar-refractivity contribution is 7.91. The van der Waals surface area contributed by atoms with Gasteiger partial charge in [-0.1, -0.05) is 37.3 Å². The van der Waals surface area contributed by atoms with Crippen molar-refractivity contribution < 1.29 is 8.42 Å². The van der Waals surface area contributed by atoms with Gasteiger partial charge in [-0.25, -0.2) is 8.42 Å². The first-order chi connectivity index (χ1) is 11.1. The van der Waals surface area contributed by atoms with Gasteiger partial charge in [0.2, 0.25) is 0 Å². The standard InChI is InChI=1S/C17H22N2O2S2.ClH/c1-2-15-8-9-17(22-15)23(20,21)19-11-14(10-18)16(12-19)13-6-4-3-5-7-13;/h3-9,14,16H,2,10-12,18H2,1H3;1H/t14-,16+;/m1./s1. The lowest BCUT2D eigenvalue weighted by Crippen LogP contribution is -2.29. The topological polar surface area (TPSA) is 63.4 Å². The Hall–Kier alpha value is -0.920. The van der Waals surface area contributed by atoms with E-state index in [1.165, 1.54) is 16.9 Å². The molecule has 0 aliphatic carbocycles. The Bertz CT molecular complexity index is 762. The maximum atomic E-state index is 12.9. The molecule has 3 rings (SSSR count). The van der Waals surface area contributed by atoms with E-state index in [0.29, 0.717) is 23.8 Å².